The summed E-state index contributed by atoms with van der Waals surface area (Å²) in [6.07, 6.45) is 3.13. The van der Waals surface area contributed by atoms with Crippen molar-refractivity contribution >= 4 is 11.8 Å². The van der Waals surface area contributed by atoms with E-state index in [2.05, 4.69) is 9.97 Å². The van der Waals surface area contributed by atoms with E-state index >= 15 is 0 Å². The molecule has 0 radical (unpaired) electrons. The van der Waals surface area contributed by atoms with Crippen molar-refractivity contribution in [2.75, 3.05) is 0 Å². The normalized spacial score (nSPS) is 10.1. The van der Waals surface area contributed by atoms with E-state index in [9.17, 15) is 4.79 Å². The number of benzene rings is 1. The van der Waals surface area contributed by atoms with Crippen LogP contribution in [-0.4, -0.2) is 9.97 Å². The first-order chi connectivity index (χ1) is 7.36. The predicted octanol–water partition coefficient (Wildman–Crippen LogP) is 2.06. The fourth-order valence-corrected chi connectivity index (χ4v) is 1.99. The first-order valence-electron chi connectivity index (χ1n) is 4.56. The summed E-state index contributed by atoms with van der Waals surface area (Å²) in [4.78, 5) is 17.9. The lowest BCUT2D eigenvalue weighted by Gasteiger charge is -1.99. The van der Waals surface area contributed by atoms with Crippen molar-refractivity contribution in [1.82, 2.24) is 9.97 Å². The largest absolute Gasteiger partial charge is 0.325 e. The fourth-order valence-electron chi connectivity index (χ4n) is 1.17. The number of hydrogen-bond donors (Lipinski definition) is 1. The van der Waals surface area contributed by atoms with Gasteiger partial charge in [-0.2, -0.15) is 0 Å². The third-order valence-corrected chi connectivity index (χ3v) is 2.94. The van der Waals surface area contributed by atoms with Crippen LogP contribution in [0.2, 0.25) is 0 Å². The van der Waals surface area contributed by atoms with Gasteiger partial charge in [0.15, 0.2) is 5.03 Å². The van der Waals surface area contributed by atoms with E-state index in [1.54, 1.807) is 6.20 Å². The van der Waals surface area contributed by atoms with Crippen molar-refractivity contribution in [3.63, 3.8) is 0 Å². The molecule has 2 rings (SSSR count). The molecule has 0 amide bonds. The number of hydrogen-bond acceptors (Lipinski definition) is 3. The van der Waals surface area contributed by atoms with Gasteiger partial charge in [0.25, 0.3) is 5.56 Å². The summed E-state index contributed by atoms with van der Waals surface area (Å²) in [6.45, 7) is 0. The third kappa shape index (κ3) is 2.70. The lowest BCUT2D eigenvalue weighted by atomic mass is 10.2. The molecule has 1 aromatic heterocycles. The molecule has 1 N–H and O–H groups in total. The van der Waals surface area contributed by atoms with Crippen LogP contribution in [0.25, 0.3) is 0 Å². The van der Waals surface area contributed by atoms with Gasteiger partial charge in [-0.3, -0.25) is 4.79 Å². The lowest BCUT2D eigenvalue weighted by Crippen LogP contribution is -2.08. The molecule has 4 heteroatoms. The topological polar surface area (TPSA) is 45.8 Å². The van der Waals surface area contributed by atoms with E-state index in [4.69, 9.17) is 0 Å². The number of aromatic nitrogens is 2. The molecular weight excluding hydrogens is 208 g/mol. The Hall–Kier alpha value is -1.55. The predicted molar refractivity (Wildman–Crippen MR) is 60.9 cm³/mol. The molecule has 3 nitrogen and oxygen atoms in total. The third-order valence-electron chi connectivity index (χ3n) is 1.89. The summed E-state index contributed by atoms with van der Waals surface area (Å²) >= 11 is 1.45. The summed E-state index contributed by atoms with van der Waals surface area (Å²) in [5, 5.41) is 0.515. The first kappa shape index (κ1) is 9.98. The lowest BCUT2D eigenvalue weighted by molar-refractivity contribution is 0.997. The monoisotopic (exact) mass is 218 g/mol. The summed E-state index contributed by atoms with van der Waals surface area (Å²) in [5.74, 6) is 0.765. The highest BCUT2D eigenvalue weighted by Crippen LogP contribution is 2.16. The number of thioether (sulfide) groups is 1. The number of aromatic amines is 1. The van der Waals surface area contributed by atoms with Crippen LogP contribution in [0.1, 0.15) is 5.56 Å². The van der Waals surface area contributed by atoms with Crippen molar-refractivity contribution < 1.29 is 0 Å². The van der Waals surface area contributed by atoms with Crippen LogP contribution >= 0.6 is 11.8 Å². The van der Waals surface area contributed by atoms with E-state index in [1.807, 2.05) is 30.3 Å². The molecule has 76 valence electrons. The number of H-pyrrole nitrogens is 1. The molecule has 0 aliphatic carbocycles. The number of nitrogens with one attached hydrogen (secondary N) is 1. The second-order valence-electron chi connectivity index (χ2n) is 3.00. The van der Waals surface area contributed by atoms with Crippen LogP contribution in [-0.2, 0) is 5.75 Å². The maximum absolute atomic E-state index is 11.3. The van der Waals surface area contributed by atoms with Gasteiger partial charge >= 0.3 is 0 Å². The molecule has 0 saturated carbocycles. The SMILES string of the molecule is O=c1[nH]ccnc1SCc1ccccc1. The maximum Gasteiger partial charge on any atom is 0.280 e. The Morgan fingerprint density at radius 2 is 2.07 bits per heavy atom. The van der Waals surface area contributed by atoms with Gasteiger partial charge in [-0.05, 0) is 5.56 Å². The Labute approximate surface area is 91.6 Å². The number of rotatable bonds is 3. The fraction of sp³-hybridized carbons (Fsp3) is 0.0909. The Bertz CT molecular complexity index is 481. The molecule has 15 heavy (non-hydrogen) atoms. The highest BCUT2D eigenvalue weighted by atomic mass is 32.2. The molecule has 0 fully saturated rings. The maximum atomic E-state index is 11.3. The summed E-state index contributed by atoms with van der Waals surface area (Å²) in [5.41, 5.74) is 1.06. The minimum Gasteiger partial charge on any atom is -0.325 e. The summed E-state index contributed by atoms with van der Waals surface area (Å²) in [6, 6.07) is 10.0. The standard InChI is InChI=1S/C11H10N2OS/c14-10-11(13-7-6-12-10)15-8-9-4-2-1-3-5-9/h1-7H,8H2,(H,12,14). The molecule has 0 aliphatic rings. The molecule has 0 atom stereocenters. The van der Waals surface area contributed by atoms with E-state index in [0.29, 0.717) is 5.03 Å². The zero-order valence-electron chi connectivity index (χ0n) is 8.01. The van der Waals surface area contributed by atoms with Gasteiger partial charge in [0.2, 0.25) is 0 Å². The van der Waals surface area contributed by atoms with Crippen molar-refractivity contribution in [1.29, 1.82) is 0 Å². The zero-order chi connectivity index (χ0) is 10.5. The smallest absolute Gasteiger partial charge is 0.280 e. The molecule has 0 aliphatic heterocycles. The van der Waals surface area contributed by atoms with Crippen LogP contribution in [0, 0.1) is 0 Å². The van der Waals surface area contributed by atoms with Gasteiger partial charge in [0, 0.05) is 18.1 Å². The van der Waals surface area contributed by atoms with Crippen molar-refractivity contribution in [3.8, 4) is 0 Å². The van der Waals surface area contributed by atoms with Gasteiger partial charge in [0.1, 0.15) is 0 Å². The van der Waals surface area contributed by atoms with Crippen molar-refractivity contribution in [3.05, 3.63) is 58.6 Å². The Kier molecular flexibility index (Phi) is 3.19. The Morgan fingerprint density at radius 1 is 1.27 bits per heavy atom. The van der Waals surface area contributed by atoms with E-state index in [-0.39, 0.29) is 5.56 Å². The Balaban J connectivity index is 2.06. The molecule has 0 unspecified atom stereocenters. The molecule has 1 aromatic carbocycles. The van der Waals surface area contributed by atoms with Crippen LogP contribution in [0.4, 0.5) is 0 Å². The Morgan fingerprint density at radius 3 is 2.80 bits per heavy atom. The van der Waals surface area contributed by atoms with E-state index < -0.39 is 0 Å². The van der Waals surface area contributed by atoms with Crippen molar-refractivity contribution in [2.24, 2.45) is 0 Å². The minimum absolute atomic E-state index is 0.126. The minimum atomic E-state index is -0.126. The molecule has 2 aromatic rings. The van der Waals surface area contributed by atoms with Crippen LogP contribution in [0.5, 0.6) is 0 Å². The van der Waals surface area contributed by atoms with Crippen LogP contribution in [0.15, 0.2) is 52.5 Å². The van der Waals surface area contributed by atoms with E-state index in [1.165, 1.54) is 23.5 Å². The highest BCUT2D eigenvalue weighted by molar-refractivity contribution is 7.98. The number of nitrogens with zero attached hydrogens (tertiary/aromatic N) is 1. The van der Waals surface area contributed by atoms with Crippen molar-refractivity contribution in [2.45, 2.75) is 10.8 Å². The van der Waals surface area contributed by atoms with Crippen LogP contribution in [0.3, 0.4) is 0 Å². The first-order valence-corrected chi connectivity index (χ1v) is 5.55. The quantitative estimate of drug-likeness (QED) is 0.802. The molecule has 0 spiro atoms. The molecular formula is C11H10N2OS. The van der Waals surface area contributed by atoms with Gasteiger partial charge in [0.05, 0.1) is 0 Å². The average Bonchev–Trinajstić information content (AvgIpc) is 2.29. The molecule has 0 saturated heterocycles. The van der Waals surface area contributed by atoms with Gasteiger partial charge in [-0.25, -0.2) is 4.98 Å². The van der Waals surface area contributed by atoms with Crippen LogP contribution < -0.4 is 5.56 Å². The zero-order valence-corrected chi connectivity index (χ0v) is 8.83. The van der Waals surface area contributed by atoms with Gasteiger partial charge < -0.3 is 4.98 Å². The second kappa shape index (κ2) is 4.79. The van der Waals surface area contributed by atoms with Gasteiger partial charge in [-0.15, -0.1) is 0 Å². The average molecular weight is 218 g/mol. The van der Waals surface area contributed by atoms with Gasteiger partial charge in [-0.1, -0.05) is 42.1 Å². The summed E-state index contributed by atoms with van der Waals surface area (Å²) in [7, 11) is 0. The molecule has 1 heterocycles. The summed E-state index contributed by atoms with van der Waals surface area (Å²) < 4.78 is 0. The highest BCUT2D eigenvalue weighted by Gasteiger charge is 2.00. The second-order valence-corrected chi connectivity index (χ2v) is 3.96. The van der Waals surface area contributed by atoms with E-state index in [0.717, 1.165) is 5.75 Å². The molecule has 0 bridgehead atoms.